The third kappa shape index (κ3) is 2.49. The molecule has 1 unspecified atom stereocenters. The molecule has 1 atom stereocenters. The van der Waals surface area contributed by atoms with Gasteiger partial charge in [-0.15, -0.1) is 0 Å². The molecule has 1 amide bonds. The summed E-state index contributed by atoms with van der Waals surface area (Å²) in [5.74, 6) is 0.947. The van der Waals surface area contributed by atoms with Crippen LogP contribution in [0.25, 0.3) is 6.08 Å². The number of nitrogens with zero attached hydrogens (tertiary/aromatic N) is 1. The number of carbonyl (C=O) groups excluding carboxylic acids is 1. The summed E-state index contributed by atoms with van der Waals surface area (Å²) in [6.45, 7) is 6.44. The number of benzene rings is 1. The van der Waals surface area contributed by atoms with E-state index in [1.165, 1.54) is 0 Å². The fourth-order valence-electron chi connectivity index (χ4n) is 2.06. The molecule has 2 rings (SSSR count). The molecule has 0 aromatic heterocycles. The zero-order valence-corrected chi connectivity index (χ0v) is 10.1. The lowest BCUT2D eigenvalue weighted by Gasteiger charge is -2.25. The molecule has 17 heavy (non-hydrogen) atoms. The van der Waals surface area contributed by atoms with Crippen molar-refractivity contribution in [2.75, 3.05) is 6.54 Å². The average Bonchev–Trinajstić information content (AvgIpc) is 2.76. The molecule has 90 valence electrons. The van der Waals surface area contributed by atoms with Crippen LogP contribution in [0.2, 0.25) is 0 Å². The Morgan fingerprint density at radius 3 is 2.88 bits per heavy atom. The highest BCUT2D eigenvalue weighted by molar-refractivity contribution is 5.78. The third-order valence-corrected chi connectivity index (χ3v) is 2.99. The van der Waals surface area contributed by atoms with Crippen LogP contribution in [0.15, 0.2) is 30.8 Å². The number of hydrogen-bond acceptors (Lipinski definition) is 2. The van der Waals surface area contributed by atoms with Gasteiger partial charge in [0.1, 0.15) is 5.75 Å². The van der Waals surface area contributed by atoms with Gasteiger partial charge in [0.05, 0.1) is 0 Å². The van der Waals surface area contributed by atoms with Crippen LogP contribution < -0.4 is 4.74 Å². The Kier molecular flexibility index (Phi) is 3.47. The first-order valence-electron chi connectivity index (χ1n) is 5.90. The largest absolute Gasteiger partial charge is 0.470 e. The van der Waals surface area contributed by atoms with Crippen molar-refractivity contribution in [2.24, 2.45) is 0 Å². The maximum absolute atomic E-state index is 11.6. The maximum atomic E-state index is 11.6. The van der Waals surface area contributed by atoms with Crippen molar-refractivity contribution in [2.45, 2.75) is 26.0 Å². The Morgan fingerprint density at radius 2 is 2.24 bits per heavy atom. The minimum atomic E-state index is -0.217. The quantitative estimate of drug-likeness (QED) is 0.797. The summed E-state index contributed by atoms with van der Waals surface area (Å²) in [7, 11) is 0. The van der Waals surface area contributed by atoms with Crippen molar-refractivity contribution in [3.63, 3.8) is 0 Å². The molecule has 0 bridgehead atoms. The van der Waals surface area contributed by atoms with E-state index in [1.54, 1.807) is 11.0 Å². The van der Waals surface area contributed by atoms with Gasteiger partial charge in [-0.2, -0.15) is 0 Å². The van der Waals surface area contributed by atoms with E-state index in [4.69, 9.17) is 4.74 Å². The number of hydrogen-bond donors (Lipinski definition) is 0. The van der Waals surface area contributed by atoms with Crippen molar-refractivity contribution in [3.8, 4) is 5.75 Å². The standard InChI is InChI=1S/C14H17NO2/c1-3-12-7-4-5-8-13(12)17-11(2)15-10-6-9-14(15)16/h3-5,7-8,11H,1,6,9-10H2,2H3. The fraction of sp³-hybridized carbons (Fsp3) is 0.357. The number of para-hydroxylation sites is 1. The van der Waals surface area contributed by atoms with E-state index in [0.717, 1.165) is 24.3 Å². The third-order valence-electron chi connectivity index (χ3n) is 2.99. The lowest BCUT2D eigenvalue weighted by Crippen LogP contribution is -2.38. The summed E-state index contributed by atoms with van der Waals surface area (Å²) in [6, 6.07) is 7.70. The predicted octanol–water partition coefficient (Wildman–Crippen LogP) is 2.68. The number of carbonyl (C=O) groups is 1. The SMILES string of the molecule is C=Cc1ccccc1OC(C)N1CCCC1=O. The first-order chi connectivity index (χ1) is 8.22. The van der Waals surface area contributed by atoms with Crippen LogP contribution in [-0.4, -0.2) is 23.6 Å². The molecule has 0 radical (unpaired) electrons. The van der Waals surface area contributed by atoms with Crippen molar-refractivity contribution >= 4 is 12.0 Å². The smallest absolute Gasteiger partial charge is 0.225 e. The monoisotopic (exact) mass is 231 g/mol. The number of amides is 1. The zero-order chi connectivity index (χ0) is 12.3. The maximum Gasteiger partial charge on any atom is 0.225 e. The van der Waals surface area contributed by atoms with Gasteiger partial charge in [-0.1, -0.05) is 30.9 Å². The van der Waals surface area contributed by atoms with Crippen molar-refractivity contribution in [1.82, 2.24) is 4.90 Å². The highest BCUT2D eigenvalue weighted by Gasteiger charge is 2.26. The summed E-state index contributed by atoms with van der Waals surface area (Å²) < 4.78 is 5.82. The van der Waals surface area contributed by atoms with Crippen LogP contribution in [-0.2, 0) is 4.79 Å². The molecule has 0 aliphatic carbocycles. The number of likely N-dealkylation sites (tertiary alicyclic amines) is 1. The Hall–Kier alpha value is -1.77. The Balaban J connectivity index is 2.09. The summed E-state index contributed by atoms with van der Waals surface area (Å²) in [6.07, 6.45) is 3.10. The van der Waals surface area contributed by atoms with E-state index in [2.05, 4.69) is 6.58 Å². The van der Waals surface area contributed by atoms with E-state index in [-0.39, 0.29) is 12.1 Å². The van der Waals surface area contributed by atoms with E-state index < -0.39 is 0 Å². The number of rotatable bonds is 4. The minimum Gasteiger partial charge on any atom is -0.470 e. The van der Waals surface area contributed by atoms with Gasteiger partial charge in [0.15, 0.2) is 6.23 Å². The highest BCUT2D eigenvalue weighted by Crippen LogP contribution is 2.22. The van der Waals surface area contributed by atoms with Gasteiger partial charge in [0.2, 0.25) is 5.91 Å². The first kappa shape index (κ1) is 11.7. The second-order valence-electron chi connectivity index (χ2n) is 4.15. The van der Waals surface area contributed by atoms with Crippen molar-refractivity contribution in [1.29, 1.82) is 0 Å². The van der Waals surface area contributed by atoms with Gasteiger partial charge in [0, 0.05) is 18.5 Å². The van der Waals surface area contributed by atoms with E-state index >= 15 is 0 Å². The molecule has 1 aromatic rings. The summed E-state index contributed by atoms with van der Waals surface area (Å²) in [5, 5.41) is 0. The Labute approximate surface area is 102 Å². The molecule has 1 aliphatic heterocycles. The zero-order valence-electron chi connectivity index (χ0n) is 10.1. The molecule has 0 N–H and O–H groups in total. The molecule has 0 spiro atoms. The molecule has 1 heterocycles. The van der Waals surface area contributed by atoms with E-state index in [1.807, 2.05) is 31.2 Å². The van der Waals surface area contributed by atoms with Gasteiger partial charge >= 0.3 is 0 Å². The van der Waals surface area contributed by atoms with Crippen LogP contribution in [0, 0.1) is 0 Å². The lowest BCUT2D eigenvalue weighted by atomic mass is 10.2. The van der Waals surface area contributed by atoms with Crippen LogP contribution in [0.4, 0.5) is 0 Å². The molecule has 3 nitrogen and oxygen atoms in total. The van der Waals surface area contributed by atoms with Crippen LogP contribution in [0.3, 0.4) is 0 Å². The Bertz CT molecular complexity index is 428. The average molecular weight is 231 g/mol. The molecule has 1 saturated heterocycles. The second kappa shape index (κ2) is 5.04. The molecule has 0 saturated carbocycles. The van der Waals surface area contributed by atoms with Crippen molar-refractivity contribution in [3.05, 3.63) is 36.4 Å². The lowest BCUT2D eigenvalue weighted by molar-refractivity contribution is -0.134. The topological polar surface area (TPSA) is 29.5 Å². The van der Waals surface area contributed by atoms with Crippen LogP contribution in [0.5, 0.6) is 5.75 Å². The molecule has 1 aliphatic rings. The van der Waals surface area contributed by atoms with E-state index in [0.29, 0.717) is 6.42 Å². The predicted molar refractivity (Wildman–Crippen MR) is 67.6 cm³/mol. The summed E-state index contributed by atoms with van der Waals surface area (Å²) in [4.78, 5) is 13.4. The first-order valence-corrected chi connectivity index (χ1v) is 5.90. The van der Waals surface area contributed by atoms with Crippen molar-refractivity contribution < 1.29 is 9.53 Å². The van der Waals surface area contributed by atoms with Gasteiger partial charge in [-0.25, -0.2) is 0 Å². The van der Waals surface area contributed by atoms with Crippen LogP contribution in [0.1, 0.15) is 25.3 Å². The molecular weight excluding hydrogens is 214 g/mol. The normalized spacial score (nSPS) is 17.0. The molecule has 1 fully saturated rings. The highest BCUT2D eigenvalue weighted by atomic mass is 16.5. The van der Waals surface area contributed by atoms with Gasteiger partial charge in [-0.3, -0.25) is 4.79 Å². The fourth-order valence-corrected chi connectivity index (χ4v) is 2.06. The second-order valence-corrected chi connectivity index (χ2v) is 4.15. The molecule has 3 heteroatoms. The van der Waals surface area contributed by atoms with Gasteiger partial charge in [-0.05, 0) is 19.4 Å². The Morgan fingerprint density at radius 1 is 1.47 bits per heavy atom. The summed E-state index contributed by atoms with van der Waals surface area (Å²) >= 11 is 0. The summed E-state index contributed by atoms with van der Waals surface area (Å²) in [5.41, 5.74) is 0.950. The van der Waals surface area contributed by atoms with E-state index in [9.17, 15) is 4.79 Å². The van der Waals surface area contributed by atoms with Gasteiger partial charge < -0.3 is 9.64 Å². The molecule has 1 aromatic carbocycles. The molecular formula is C14H17NO2. The number of ether oxygens (including phenoxy) is 1. The van der Waals surface area contributed by atoms with Gasteiger partial charge in [0.25, 0.3) is 0 Å². The van der Waals surface area contributed by atoms with Crippen LogP contribution >= 0.6 is 0 Å². The minimum absolute atomic E-state index is 0.175.